The molecular formula is C16H25NO3. The van der Waals surface area contributed by atoms with Gasteiger partial charge < -0.3 is 9.84 Å². The molecule has 0 aromatic carbocycles. The van der Waals surface area contributed by atoms with Crippen LogP contribution in [0.5, 0.6) is 0 Å². The molecule has 1 N–H and O–H groups in total. The highest BCUT2D eigenvalue weighted by Crippen LogP contribution is 2.46. The SMILES string of the molecule is CC(C)=CCCC(C)=CC(O)OC(=O)C1(N2CC2)CC1. The van der Waals surface area contributed by atoms with Gasteiger partial charge in [-0.3, -0.25) is 4.90 Å². The zero-order valence-corrected chi connectivity index (χ0v) is 12.7. The molecule has 0 aromatic rings. The van der Waals surface area contributed by atoms with Crippen LogP contribution in [-0.2, 0) is 9.53 Å². The Hall–Kier alpha value is -1.13. The van der Waals surface area contributed by atoms with Gasteiger partial charge in [-0.1, -0.05) is 17.2 Å². The first-order valence-electron chi connectivity index (χ1n) is 7.39. The summed E-state index contributed by atoms with van der Waals surface area (Å²) in [5.74, 6) is -0.268. The minimum absolute atomic E-state index is 0.268. The highest BCUT2D eigenvalue weighted by molar-refractivity contribution is 5.84. The van der Waals surface area contributed by atoms with Crippen molar-refractivity contribution < 1.29 is 14.6 Å². The fourth-order valence-electron chi connectivity index (χ4n) is 2.41. The fourth-order valence-corrected chi connectivity index (χ4v) is 2.41. The number of aliphatic hydroxyl groups is 1. The van der Waals surface area contributed by atoms with Crippen molar-refractivity contribution in [1.82, 2.24) is 4.90 Å². The molecular weight excluding hydrogens is 254 g/mol. The monoisotopic (exact) mass is 279 g/mol. The van der Waals surface area contributed by atoms with Crippen molar-refractivity contribution in [3.8, 4) is 0 Å². The summed E-state index contributed by atoms with van der Waals surface area (Å²) in [4.78, 5) is 14.2. The molecule has 112 valence electrons. The lowest BCUT2D eigenvalue weighted by atomic mass is 10.1. The van der Waals surface area contributed by atoms with Crippen LogP contribution in [0.2, 0.25) is 0 Å². The summed E-state index contributed by atoms with van der Waals surface area (Å²) >= 11 is 0. The topological polar surface area (TPSA) is 49.5 Å². The summed E-state index contributed by atoms with van der Waals surface area (Å²) in [5, 5.41) is 9.84. The molecule has 20 heavy (non-hydrogen) atoms. The normalized spacial score (nSPS) is 22.1. The molecule has 1 atom stereocenters. The first-order valence-corrected chi connectivity index (χ1v) is 7.39. The van der Waals surface area contributed by atoms with Gasteiger partial charge in [0.1, 0.15) is 5.54 Å². The average Bonchev–Trinajstić information content (AvgIpc) is 3.20. The van der Waals surface area contributed by atoms with Crippen LogP contribution < -0.4 is 0 Å². The van der Waals surface area contributed by atoms with Crippen molar-refractivity contribution in [2.24, 2.45) is 0 Å². The summed E-state index contributed by atoms with van der Waals surface area (Å²) in [7, 11) is 0. The van der Waals surface area contributed by atoms with Gasteiger partial charge in [-0.2, -0.15) is 0 Å². The Kier molecular flexibility index (Phi) is 4.66. The van der Waals surface area contributed by atoms with Crippen LogP contribution in [0.3, 0.4) is 0 Å². The van der Waals surface area contributed by atoms with E-state index in [1.54, 1.807) is 6.08 Å². The molecule has 4 nitrogen and oxygen atoms in total. The standard InChI is InChI=1S/C16H25NO3/c1-12(2)5-4-6-13(3)11-14(18)20-15(19)16(7-8-16)17-9-10-17/h5,11,14,18H,4,6-10H2,1-3H3. The minimum atomic E-state index is -1.12. The number of rotatable bonds is 7. The molecule has 0 amide bonds. The maximum Gasteiger partial charge on any atom is 0.329 e. The Morgan fingerprint density at radius 1 is 1.35 bits per heavy atom. The Morgan fingerprint density at radius 3 is 2.50 bits per heavy atom. The van der Waals surface area contributed by atoms with Crippen molar-refractivity contribution in [1.29, 1.82) is 0 Å². The minimum Gasteiger partial charge on any atom is -0.431 e. The molecule has 0 aromatic heterocycles. The molecule has 1 aliphatic heterocycles. The second-order valence-electron chi connectivity index (χ2n) is 6.15. The number of nitrogens with zero attached hydrogens (tertiary/aromatic N) is 1. The molecule has 2 rings (SSSR count). The van der Waals surface area contributed by atoms with Crippen LogP contribution in [0.4, 0.5) is 0 Å². The number of hydrogen-bond donors (Lipinski definition) is 1. The smallest absolute Gasteiger partial charge is 0.329 e. The predicted molar refractivity (Wildman–Crippen MR) is 78.1 cm³/mol. The van der Waals surface area contributed by atoms with Crippen LogP contribution >= 0.6 is 0 Å². The molecule has 2 fully saturated rings. The van der Waals surface area contributed by atoms with E-state index in [0.717, 1.165) is 44.3 Å². The van der Waals surface area contributed by atoms with Crippen molar-refractivity contribution in [3.63, 3.8) is 0 Å². The summed E-state index contributed by atoms with van der Waals surface area (Å²) < 4.78 is 5.16. The second kappa shape index (κ2) is 6.10. The molecule has 2 aliphatic rings. The molecule has 0 radical (unpaired) electrons. The average molecular weight is 279 g/mol. The number of ether oxygens (including phenoxy) is 1. The van der Waals surface area contributed by atoms with Crippen molar-refractivity contribution in [2.75, 3.05) is 13.1 Å². The molecule has 1 saturated heterocycles. The third kappa shape index (κ3) is 3.93. The van der Waals surface area contributed by atoms with Gasteiger partial charge in [0.15, 0.2) is 0 Å². The van der Waals surface area contributed by atoms with E-state index in [4.69, 9.17) is 4.74 Å². The molecule has 1 aliphatic carbocycles. The molecule has 1 unspecified atom stereocenters. The van der Waals surface area contributed by atoms with E-state index >= 15 is 0 Å². The van der Waals surface area contributed by atoms with Crippen LogP contribution in [0.1, 0.15) is 46.5 Å². The zero-order chi connectivity index (χ0) is 14.8. The Balaban J connectivity index is 1.78. The van der Waals surface area contributed by atoms with E-state index < -0.39 is 11.8 Å². The van der Waals surface area contributed by atoms with Crippen LogP contribution in [0.15, 0.2) is 23.3 Å². The van der Waals surface area contributed by atoms with Gasteiger partial charge in [-0.05, 0) is 52.5 Å². The summed E-state index contributed by atoms with van der Waals surface area (Å²) in [6, 6.07) is 0. The Morgan fingerprint density at radius 2 is 2.00 bits per heavy atom. The first-order chi connectivity index (χ1) is 9.44. The molecule has 4 heteroatoms. The molecule has 0 bridgehead atoms. The maximum atomic E-state index is 12.0. The van der Waals surface area contributed by atoms with E-state index in [-0.39, 0.29) is 5.97 Å². The van der Waals surface area contributed by atoms with Crippen LogP contribution in [0, 0.1) is 0 Å². The number of esters is 1. The highest BCUT2D eigenvalue weighted by Gasteiger charge is 2.59. The van der Waals surface area contributed by atoms with E-state index in [2.05, 4.69) is 24.8 Å². The number of allylic oxidation sites excluding steroid dienone is 3. The van der Waals surface area contributed by atoms with Crippen molar-refractivity contribution in [3.05, 3.63) is 23.3 Å². The Bertz CT molecular complexity index is 427. The third-order valence-electron chi connectivity index (χ3n) is 3.90. The largest absolute Gasteiger partial charge is 0.431 e. The molecule has 1 heterocycles. The fraction of sp³-hybridized carbons (Fsp3) is 0.688. The van der Waals surface area contributed by atoms with E-state index in [1.807, 2.05) is 6.92 Å². The Labute approximate surface area is 121 Å². The zero-order valence-electron chi connectivity index (χ0n) is 12.7. The number of aliphatic hydroxyl groups excluding tert-OH is 1. The second-order valence-corrected chi connectivity index (χ2v) is 6.15. The van der Waals surface area contributed by atoms with Crippen LogP contribution in [0.25, 0.3) is 0 Å². The summed E-state index contributed by atoms with van der Waals surface area (Å²) in [6.45, 7) is 8.04. The van der Waals surface area contributed by atoms with Crippen LogP contribution in [-0.4, -0.2) is 40.9 Å². The lowest BCUT2D eigenvalue weighted by Crippen LogP contribution is -2.35. The lowest BCUT2D eigenvalue weighted by Gasteiger charge is -2.17. The van der Waals surface area contributed by atoms with Gasteiger partial charge in [0.05, 0.1) is 0 Å². The molecule has 1 saturated carbocycles. The number of hydrogen-bond acceptors (Lipinski definition) is 4. The number of carbonyl (C=O) groups is 1. The summed E-state index contributed by atoms with van der Waals surface area (Å²) in [6.07, 6.45) is 6.22. The summed E-state index contributed by atoms with van der Waals surface area (Å²) in [5.41, 5.74) is 1.93. The van der Waals surface area contributed by atoms with Gasteiger partial charge in [0, 0.05) is 13.1 Å². The predicted octanol–water partition coefficient (Wildman–Crippen LogP) is 2.39. The van der Waals surface area contributed by atoms with E-state index in [0.29, 0.717) is 0 Å². The maximum absolute atomic E-state index is 12.0. The van der Waals surface area contributed by atoms with Gasteiger partial charge in [0.2, 0.25) is 6.29 Å². The van der Waals surface area contributed by atoms with E-state index in [9.17, 15) is 9.90 Å². The van der Waals surface area contributed by atoms with E-state index in [1.165, 1.54) is 5.57 Å². The number of carbonyl (C=O) groups excluding carboxylic acids is 1. The van der Waals surface area contributed by atoms with Crippen molar-refractivity contribution in [2.45, 2.75) is 58.3 Å². The highest BCUT2D eigenvalue weighted by atomic mass is 16.6. The van der Waals surface area contributed by atoms with Crippen molar-refractivity contribution >= 4 is 5.97 Å². The van der Waals surface area contributed by atoms with Gasteiger partial charge in [-0.25, -0.2) is 4.79 Å². The molecule has 0 spiro atoms. The van der Waals surface area contributed by atoms with Gasteiger partial charge in [0.25, 0.3) is 0 Å². The van der Waals surface area contributed by atoms with Gasteiger partial charge >= 0.3 is 5.97 Å². The third-order valence-corrected chi connectivity index (χ3v) is 3.90. The quantitative estimate of drug-likeness (QED) is 0.336. The lowest BCUT2D eigenvalue weighted by molar-refractivity contribution is -0.166. The first kappa shape index (κ1) is 15.3. The van der Waals surface area contributed by atoms with Gasteiger partial charge in [-0.15, -0.1) is 0 Å².